The molecule has 0 aliphatic heterocycles. The van der Waals surface area contributed by atoms with Gasteiger partial charge in [0.25, 0.3) is 0 Å². The van der Waals surface area contributed by atoms with E-state index in [-0.39, 0.29) is 6.73 Å². The van der Waals surface area contributed by atoms with Gasteiger partial charge in [0, 0.05) is 6.92 Å². The monoisotopic (exact) mass is 260 g/mol. The Hall–Kier alpha value is -1.79. The van der Waals surface area contributed by atoms with E-state index in [4.69, 9.17) is 4.74 Å². The summed E-state index contributed by atoms with van der Waals surface area (Å²) in [5.74, 6) is -0.967. The van der Waals surface area contributed by atoms with Gasteiger partial charge in [-0.3, -0.25) is 9.59 Å². The molecule has 0 bridgehead atoms. The van der Waals surface area contributed by atoms with E-state index in [9.17, 15) is 14.4 Å². The van der Waals surface area contributed by atoms with Crippen LogP contribution in [0.2, 0.25) is 0 Å². The second kappa shape index (κ2) is 6.83. The lowest BCUT2D eigenvalue weighted by atomic mass is 10.2. The van der Waals surface area contributed by atoms with Crippen LogP contribution in [0.1, 0.15) is 34.6 Å². The predicted molar refractivity (Wildman–Crippen MR) is 63.6 cm³/mol. The number of hydrogen-bond donors (Lipinski definition) is 2. The quantitative estimate of drug-likeness (QED) is 0.568. The molecule has 0 saturated carbocycles. The van der Waals surface area contributed by atoms with E-state index in [1.807, 2.05) is 0 Å². The van der Waals surface area contributed by atoms with E-state index in [0.717, 1.165) is 0 Å². The molecule has 0 radical (unpaired) electrons. The maximum Gasteiger partial charge on any atom is 0.408 e. The second-order valence-electron chi connectivity index (χ2n) is 4.69. The van der Waals surface area contributed by atoms with Crippen LogP contribution >= 0.6 is 0 Å². The molecule has 7 heteroatoms. The van der Waals surface area contributed by atoms with Crippen molar-refractivity contribution in [2.24, 2.45) is 0 Å². The molecule has 2 amide bonds. The Kier molecular flexibility index (Phi) is 6.15. The first kappa shape index (κ1) is 16.2. The van der Waals surface area contributed by atoms with Gasteiger partial charge in [0.15, 0.2) is 6.73 Å². The van der Waals surface area contributed by atoms with Crippen molar-refractivity contribution in [2.75, 3.05) is 6.73 Å². The summed E-state index contributed by atoms with van der Waals surface area (Å²) >= 11 is 0. The van der Waals surface area contributed by atoms with Crippen LogP contribution in [0.15, 0.2) is 0 Å². The molecule has 0 saturated heterocycles. The van der Waals surface area contributed by atoms with Gasteiger partial charge in [-0.25, -0.2) is 4.79 Å². The van der Waals surface area contributed by atoms with Crippen molar-refractivity contribution in [1.82, 2.24) is 10.6 Å². The van der Waals surface area contributed by atoms with Crippen LogP contribution in [0, 0.1) is 0 Å². The first-order valence-electron chi connectivity index (χ1n) is 5.52. The van der Waals surface area contributed by atoms with Crippen molar-refractivity contribution >= 4 is 18.0 Å². The molecule has 0 aliphatic carbocycles. The molecular formula is C11H20N2O5. The summed E-state index contributed by atoms with van der Waals surface area (Å²) in [5, 5.41) is 4.69. The molecule has 1 atom stereocenters. The molecule has 1 unspecified atom stereocenters. The average Bonchev–Trinajstić information content (AvgIpc) is 2.13. The maximum atomic E-state index is 11.5. The summed E-state index contributed by atoms with van der Waals surface area (Å²) in [6, 6.07) is -0.782. The third kappa shape index (κ3) is 8.37. The number of ether oxygens (including phenoxy) is 2. The largest absolute Gasteiger partial charge is 0.445 e. The highest BCUT2D eigenvalue weighted by atomic mass is 16.6. The summed E-state index contributed by atoms with van der Waals surface area (Å²) in [7, 11) is 0. The van der Waals surface area contributed by atoms with Crippen LogP contribution in [0.4, 0.5) is 4.79 Å². The molecule has 0 spiro atoms. The number of carbonyl (C=O) groups excluding carboxylic acids is 3. The molecular weight excluding hydrogens is 240 g/mol. The Labute approximate surface area is 106 Å². The number of hydrogen-bond acceptors (Lipinski definition) is 5. The number of alkyl carbamates (subject to hydrolysis) is 1. The zero-order valence-electron chi connectivity index (χ0n) is 11.3. The van der Waals surface area contributed by atoms with Crippen LogP contribution in [-0.2, 0) is 19.1 Å². The Balaban J connectivity index is 4.00. The smallest absolute Gasteiger partial charge is 0.408 e. The number of nitrogens with one attached hydrogen (secondary N) is 2. The SMILES string of the molecule is CC(=O)OCNC(=O)C(C)NC(=O)OC(C)(C)C. The highest BCUT2D eigenvalue weighted by Gasteiger charge is 2.20. The van der Waals surface area contributed by atoms with E-state index in [2.05, 4.69) is 15.4 Å². The van der Waals surface area contributed by atoms with E-state index >= 15 is 0 Å². The molecule has 0 fully saturated rings. The van der Waals surface area contributed by atoms with Crippen LogP contribution < -0.4 is 10.6 Å². The lowest BCUT2D eigenvalue weighted by molar-refractivity contribution is -0.143. The van der Waals surface area contributed by atoms with Gasteiger partial charge in [-0.05, 0) is 27.7 Å². The zero-order chi connectivity index (χ0) is 14.3. The van der Waals surface area contributed by atoms with Gasteiger partial charge < -0.3 is 20.1 Å². The first-order chi connectivity index (χ1) is 8.11. The van der Waals surface area contributed by atoms with Gasteiger partial charge >= 0.3 is 12.1 Å². The first-order valence-corrected chi connectivity index (χ1v) is 5.52. The van der Waals surface area contributed by atoms with Gasteiger partial charge in [-0.15, -0.1) is 0 Å². The van der Waals surface area contributed by atoms with Gasteiger partial charge in [-0.1, -0.05) is 0 Å². The molecule has 7 nitrogen and oxygen atoms in total. The minimum atomic E-state index is -0.782. The molecule has 0 aromatic rings. The summed E-state index contributed by atoms with van der Waals surface area (Å²) < 4.78 is 9.52. The fraction of sp³-hybridized carbons (Fsp3) is 0.727. The van der Waals surface area contributed by atoms with Gasteiger partial charge in [0.1, 0.15) is 11.6 Å². The highest BCUT2D eigenvalue weighted by molar-refractivity contribution is 5.85. The molecule has 0 aliphatic rings. The van der Waals surface area contributed by atoms with Crippen molar-refractivity contribution in [3.8, 4) is 0 Å². The topological polar surface area (TPSA) is 93.7 Å². The molecule has 0 rings (SSSR count). The van der Waals surface area contributed by atoms with Gasteiger partial charge in [0.05, 0.1) is 0 Å². The number of amides is 2. The number of rotatable bonds is 4. The normalized spacial score (nSPS) is 12.3. The minimum Gasteiger partial charge on any atom is -0.445 e. The van der Waals surface area contributed by atoms with Gasteiger partial charge in [0.2, 0.25) is 5.91 Å². The van der Waals surface area contributed by atoms with E-state index in [1.165, 1.54) is 13.8 Å². The van der Waals surface area contributed by atoms with Crippen LogP contribution in [0.25, 0.3) is 0 Å². The van der Waals surface area contributed by atoms with Crippen molar-refractivity contribution in [3.05, 3.63) is 0 Å². The third-order valence-electron chi connectivity index (χ3n) is 1.65. The number of carbonyl (C=O) groups is 3. The van der Waals surface area contributed by atoms with Crippen LogP contribution in [0.3, 0.4) is 0 Å². The summed E-state index contributed by atoms with van der Waals surface area (Å²) in [4.78, 5) is 33.3. The Morgan fingerprint density at radius 3 is 2.22 bits per heavy atom. The van der Waals surface area contributed by atoms with Crippen molar-refractivity contribution in [2.45, 2.75) is 46.3 Å². The van der Waals surface area contributed by atoms with E-state index in [1.54, 1.807) is 20.8 Å². The standard InChI is InChI=1S/C11H20N2O5/c1-7(9(15)12-6-17-8(2)14)13-10(16)18-11(3,4)5/h7H,6H2,1-5H3,(H,12,15)(H,13,16). The lowest BCUT2D eigenvalue weighted by Crippen LogP contribution is -2.47. The zero-order valence-corrected chi connectivity index (χ0v) is 11.3. The second-order valence-corrected chi connectivity index (χ2v) is 4.69. The fourth-order valence-electron chi connectivity index (χ4n) is 0.912. The predicted octanol–water partition coefficient (Wildman–Crippen LogP) is 0.536. The molecule has 0 aromatic heterocycles. The third-order valence-corrected chi connectivity index (χ3v) is 1.65. The van der Waals surface area contributed by atoms with E-state index in [0.29, 0.717) is 0 Å². The highest BCUT2D eigenvalue weighted by Crippen LogP contribution is 2.06. The Bertz CT molecular complexity index is 322. The van der Waals surface area contributed by atoms with Crippen molar-refractivity contribution in [3.63, 3.8) is 0 Å². The van der Waals surface area contributed by atoms with Crippen LogP contribution in [-0.4, -0.2) is 36.3 Å². The molecule has 18 heavy (non-hydrogen) atoms. The van der Waals surface area contributed by atoms with Crippen LogP contribution in [0.5, 0.6) is 0 Å². The lowest BCUT2D eigenvalue weighted by Gasteiger charge is -2.21. The minimum absolute atomic E-state index is 0.228. The van der Waals surface area contributed by atoms with Gasteiger partial charge in [-0.2, -0.15) is 0 Å². The maximum absolute atomic E-state index is 11.5. The fourth-order valence-corrected chi connectivity index (χ4v) is 0.912. The van der Waals surface area contributed by atoms with E-state index < -0.39 is 29.6 Å². The summed E-state index contributed by atoms with van der Waals surface area (Å²) in [6.45, 7) is 7.66. The molecule has 2 N–H and O–H groups in total. The molecule has 0 aromatic carbocycles. The Morgan fingerprint density at radius 1 is 1.22 bits per heavy atom. The number of esters is 1. The summed E-state index contributed by atoms with van der Waals surface area (Å²) in [5.41, 5.74) is -0.627. The Morgan fingerprint density at radius 2 is 1.78 bits per heavy atom. The van der Waals surface area contributed by atoms with Crippen molar-refractivity contribution < 1.29 is 23.9 Å². The summed E-state index contributed by atoms with van der Waals surface area (Å²) in [6.07, 6.45) is -0.683. The molecule has 0 heterocycles. The average molecular weight is 260 g/mol. The molecule has 104 valence electrons. The van der Waals surface area contributed by atoms with Crippen molar-refractivity contribution in [1.29, 1.82) is 0 Å².